The first-order chi connectivity index (χ1) is 10.0. The summed E-state index contributed by atoms with van der Waals surface area (Å²) in [4.78, 5) is 10.2. The predicted molar refractivity (Wildman–Crippen MR) is 75.0 cm³/mol. The Kier molecular flexibility index (Phi) is 4.03. The van der Waals surface area contributed by atoms with Gasteiger partial charge >= 0.3 is 0 Å². The lowest BCUT2D eigenvalue weighted by atomic mass is 10.1. The molecule has 2 rings (SSSR count). The van der Waals surface area contributed by atoms with Gasteiger partial charge in [0.25, 0.3) is 5.69 Å². The zero-order valence-corrected chi connectivity index (χ0v) is 11.2. The molecule has 0 aliphatic carbocycles. The number of non-ortho nitro benzene ring substituents is 1. The van der Waals surface area contributed by atoms with Gasteiger partial charge in [-0.05, 0) is 18.2 Å². The number of nitrogens with zero attached hydrogens (tertiary/aromatic N) is 3. The summed E-state index contributed by atoms with van der Waals surface area (Å²) in [6.45, 7) is 0. The summed E-state index contributed by atoms with van der Waals surface area (Å²) >= 11 is 6.00. The average molecular weight is 300 g/mol. The van der Waals surface area contributed by atoms with Crippen LogP contribution in [0.4, 0.5) is 5.69 Å². The van der Waals surface area contributed by atoms with E-state index in [1.54, 1.807) is 24.3 Å². The van der Waals surface area contributed by atoms with Crippen molar-refractivity contribution in [3.63, 3.8) is 0 Å². The van der Waals surface area contributed by atoms with E-state index in [4.69, 9.17) is 26.5 Å². The maximum absolute atomic E-state index is 10.8. The maximum Gasteiger partial charge on any atom is 0.270 e. The Bertz CT molecular complexity index is 809. The molecule has 7 heteroatoms. The van der Waals surface area contributed by atoms with Crippen LogP contribution in [-0.2, 0) is 0 Å². The Balaban J connectivity index is 2.46. The van der Waals surface area contributed by atoms with E-state index >= 15 is 0 Å². The Hall–Kier alpha value is -3.09. The van der Waals surface area contributed by atoms with Crippen LogP contribution in [0, 0.1) is 32.8 Å². The molecule has 0 amide bonds. The van der Waals surface area contributed by atoms with Crippen molar-refractivity contribution in [3.05, 3.63) is 56.8 Å². The van der Waals surface area contributed by atoms with Crippen LogP contribution in [0.25, 0.3) is 17.4 Å². The highest BCUT2D eigenvalue weighted by molar-refractivity contribution is 6.33. The Labute approximate surface area is 124 Å². The van der Waals surface area contributed by atoms with E-state index in [1.165, 1.54) is 24.3 Å². The van der Waals surface area contributed by atoms with Gasteiger partial charge < -0.3 is 4.42 Å². The standard InChI is InChI=1S/C14H6ClN3O3/c15-13-3-1-10(18(19)20)6-12(13)14-4-2-11(21-14)5-9(7-16)8-17/h1-6H. The summed E-state index contributed by atoms with van der Waals surface area (Å²) in [6.07, 6.45) is 1.27. The molecule has 2 aromatic rings. The van der Waals surface area contributed by atoms with Crippen molar-refractivity contribution in [1.82, 2.24) is 0 Å². The van der Waals surface area contributed by atoms with Crippen molar-refractivity contribution in [2.45, 2.75) is 0 Å². The Morgan fingerprint density at radius 3 is 2.62 bits per heavy atom. The van der Waals surface area contributed by atoms with Crippen LogP contribution in [0.2, 0.25) is 5.02 Å². The normalized spacial score (nSPS) is 9.48. The van der Waals surface area contributed by atoms with Crippen LogP contribution in [-0.4, -0.2) is 4.92 Å². The molecule has 0 saturated heterocycles. The molecule has 0 radical (unpaired) electrons. The number of nitro groups is 1. The van der Waals surface area contributed by atoms with E-state index in [9.17, 15) is 10.1 Å². The molecule has 0 N–H and O–H groups in total. The summed E-state index contributed by atoms with van der Waals surface area (Å²) in [5.41, 5.74) is 0.139. The van der Waals surface area contributed by atoms with Crippen LogP contribution < -0.4 is 0 Å². The highest BCUT2D eigenvalue weighted by atomic mass is 35.5. The molecule has 0 aliphatic heterocycles. The van der Waals surface area contributed by atoms with E-state index in [-0.39, 0.29) is 17.0 Å². The second-order valence-corrected chi connectivity index (χ2v) is 4.31. The van der Waals surface area contributed by atoms with Gasteiger partial charge in [-0.3, -0.25) is 10.1 Å². The lowest BCUT2D eigenvalue weighted by Gasteiger charge is -2.00. The minimum atomic E-state index is -0.535. The fourth-order valence-corrected chi connectivity index (χ4v) is 1.83. The first kappa shape index (κ1) is 14.3. The molecule has 0 spiro atoms. The van der Waals surface area contributed by atoms with Gasteiger partial charge in [-0.25, -0.2) is 0 Å². The van der Waals surface area contributed by atoms with Crippen LogP contribution in [0.1, 0.15) is 5.76 Å². The van der Waals surface area contributed by atoms with Gasteiger partial charge in [0, 0.05) is 23.8 Å². The predicted octanol–water partition coefficient (Wildman–Crippen LogP) is 3.94. The van der Waals surface area contributed by atoms with Gasteiger partial charge in [0.15, 0.2) is 0 Å². The van der Waals surface area contributed by atoms with Crippen LogP contribution in [0.5, 0.6) is 0 Å². The average Bonchev–Trinajstić information content (AvgIpc) is 2.93. The van der Waals surface area contributed by atoms with Gasteiger partial charge in [-0.15, -0.1) is 0 Å². The summed E-state index contributed by atoms with van der Waals surface area (Å²) in [7, 11) is 0. The summed E-state index contributed by atoms with van der Waals surface area (Å²) in [5, 5.41) is 28.4. The number of nitriles is 2. The highest BCUT2D eigenvalue weighted by Crippen LogP contribution is 2.32. The van der Waals surface area contributed by atoms with Crippen molar-refractivity contribution >= 4 is 23.4 Å². The SMILES string of the molecule is N#CC(C#N)=Cc1ccc(-c2cc([N+](=O)[O-])ccc2Cl)o1. The van der Waals surface area contributed by atoms with Crippen molar-refractivity contribution in [3.8, 4) is 23.5 Å². The van der Waals surface area contributed by atoms with Crippen LogP contribution in [0.15, 0.2) is 40.3 Å². The largest absolute Gasteiger partial charge is 0.457 e. The smallest absolute Gasteiger partial charge is 0.270 e. The molecule has 1 aromatic carbocycles. The van der Waals surface area contributed by atoms with Crippen molar-refractivity contribution in [2.75, 3.05) is 0 Å². The number of allylic oxidation sites excluding steroid dienone is 1. The third kappa shape index (κ3) is 3.08. The lowest BCUT2D eigenvalue weighted by molar-refractivity contribution is -0.384. The first-order valence-electron chi connectivity index (χ1n) is 5.61. The molecule has 1 aromatic heterocycles. The second-order valence-electron chi connectivity index (χ2n) is 3.90. The number of rotatable bonds is 3. The molecule has 102 valence electrons. The molecular weight excluding hydrogens is 294 g/mol. The molecule has 0 saturated carbocycles. The van der Waals surface area contributed by atoms with E-state index in [0.717, 1.165) is 0 Å². The Morgan fingerprint density at radius 1 is 1.29 bits per heavy atom. The number of nitro benzene ring substituents is 1. The number of hydrogen-bond acceptors (Lipinski definition) is 5. The first-order valence-corrected chi connectivity index (χ1v) is 5.99. The topological polar surface area (TPSA) is 104 Å². The molecule has 0 fully saturated rings. The van der Waals surface area contributed by atoms with E-state index in [0.29, 0.717) is 16.3 Å². The molecule has 0 unspecified atom stereocenters. The number of hydrogen-bond donors (Lipinski definition) is 0. The third-order valence-electron chi connectivity index (χ3n) is 2.58. The van der Waals surface area contributed by atoms with Crippen molar-refractivity contribution in [2.24, 2.45) is 0 Å². The fourth-order valence-electron chi connectivity index (χ4n) is 1.62. The summed E-state index contributed by atoms with van der Waals surface area (Å²) in [5.74, 6) is 0.593. The molecule has 21 heavy (non-hydrogen) atoms. The van der Waals surface area contributed by atoms with Crippen molar-refractivity contribution < 1.29 is 9.34 Å². The summed E-state index contributed by atoms with van der Waals surface area (Å²) in [6, 6.07) is 10.5. The zero-order chi connectivity index (χ0) is 15.4. The molecule has 0 bridgehead atoms. The van der Waals surface area contributed by atoms with Crippen molar-refractivity contribution in [1.29, 1.82) is 10.5 Å². The highest BCUT2D eigenvalue weighted by Gasteiger charge is 2.14. The quantitative estimate of drug-likeness (QED) is 0.485. The Morgan fingerprint density at radius 2 is 2.00 bits per heavy atom. The van der Waals surface area contributed by atoms with Gasteiger partial charge in [-0.1, -0.05) is 11.6 Å². The number of halogens is 1. The van der Waals surface area contributed by atoms with Gasteiger partial charge in [0.05, 0.1) is 9.95 Å². The third-order valence-corrected chi connectivity index (χ3v) is 2.91. The summed E-state index contributed by atoms with van der Waals surface area (Å²) < 4.78 is 5.43. The van der Waals surface area contributed by atoms with E-state index in [2.05, 4.69) is 0 Å². The maximum atomic E-state index is 10.8. The van der Waals surface area contributed by atoms with E-state index < -0.39 is 4.92 Å². The number of benzene rings is 1. The minimum Gasteiger partial charge on any atom is -0.457 e. The molecule has 6 nitrogen and oxygen atoms in total. The van der Waals surface area contributed by atoms with Crippen LogP contribution in [0.3, 0.4) is 0 Å². The molecular formula is C14H6ClN3O3. The number of furan rings is 1. The fraction of sp³-hybridized carbons (Fsp3) is 0. The monoisotopic (exact) mass is 299 g/mol. The van der Waals surface area contributed by atoms with Gasteiger partial charge in [-0.2, -0.15) is 10.5 Å². The molecule has 1 heterocycles. The second kappa shape index (κ2) is 5.91. The minimum absolute atomic E-state index is 0.110. The van der Waals surface area contributed by atoms with Crippen LogP contribution >= 0.6 is 11.6 Å². The molecule has 0 aliphatic rings. The lowest BCUT2D eigenvalue weighted by Crippen LogP contribution is -1.88. The molecule has 0 atom stereocenters. The van der Waals surface area contributed by atoms with Gasteiger partial charge in [0.1, 0.15) is 29.2 Å². The zero-order valence-electron chi connectivity index (χ0n) is 10.4. The van der Waals surface area contributed by atoms with E-state index in [1.807, 2.05) is 0 Å². The van der Waals surface area contributed by atoms with Gasteiger partial charge in [0.2, 0.25) is 0 Å².